The van der Waals surface area contributed by atoms with E-state index in [0.717, 1.165) is 19.4 Å². The van der Waals surface area contributed by atoms with E-state index >= 15 is 0 Å². The number of hydrogen-bond donors (Lipinski definition) is 0. The van der Waals surface area contributed by atoms with E-state index in [9.17, 15) is 9.59 Å². The Balaban J connectivity index is 1.69. The van der Waals surface area contributed by atoms with E-state index in [0.29, 0.717) is 38.1 Å². The van der Waals surface area contributed by atoms with Crippen molar-refractivity contribution in [1.29, 1.82) is 0 Å². The van der Waals surface area contributed by atoms with E-state index in [2.05, 4.69) is 45.0 Å². The van der Waals surface area contributed by atoms with Crippen LogP contribution in [-0.4, -0.2) is 34.8 Å². The molecule has 0 amide bonds. The first-order chi connectivity index (χ1) is 16.2. The molecular formula is C26H32N2O4S2. The summed E-state index contributed by atoms with van der Waals surface area (Å²) in [5, 5.41) is 1.16. The van der Waals surface area contributed by atoms with Gasteiger partial charge in [-0.3, -0.25) is 9.36 Å². The molecule has 0 spiro atoms. The predicted octanol–water partition coefficient (Wildman–Crippen LogP) is 5.71. The molecule has 0 saturated carbocycles. The van der Waals surface area contributed by atoms with Crippen molar-refractivity contribution in [2.75, 3.05) is 13.2 Å². The minimum atomic E-state index is -0.402. The highest BCUT2D eigenvalue weighted by Gasteiger charge is 2.25. The molecule has 182 valence electrons. The van der Waals surface area contributed by atoms with Crippen LogP contribution in [0.5, 0.6) is 0 Å². The number of carbonyl (C=O) groups is 1. The number of hydrogen-bond acceptors (Lipinski definition) is 7. The van der Waals surface area contributed by atoms with E-state index in [1.54, 1.807) is 30.2 Å². The fraction of sp³-hybridized carbons (Fsp3) is 0.500. The number of esters is 1. The van der Waals surface area contributed by atoms with Gasteiger partial charge in [-0.25, -0.2) is 9.78 Å². The minimum absolute atomic E-state index is 0.00541. The van der Waals surface area contributed by atoms with Crippen molar-refractivity contribution in [3.8, 4) is 0 Å². The summed E-state index contributed by atoms with van der Waals surface area (Å²) >= 11 is 2.78. The summed E-state index contributed by atoms with van der Waals surface area (Å²) in [4.78, 5) is 31.9. The van der Waals surface area contributed by atoms with Crippen molar-refractivity contribution in [3.63, 3.8) is 0 Å². The largest absolute Gasteiger partial charge is 0.462 e. The van der Waals surface area contributed by atoms with Crippen LogP contribution in [0.15, 0.2) is 34.2 Å². The molecule has 1 aliphatic rings. The second kappa shape index (κ2) is 10.2. The molecule has 3 heterocycles. The number of thioether (sulfide) groups is 1. The van der Waals surface area contributed by atoms with E-state index < -0.39 is 5.97 Å². The Hall–Kier alpha value is -2.16. The predicted molar refractivity (Wildman–Crippen MR) is 138 cm³/mol. The topological polar surface area (TPSA) is 70.4 Å². The fourth-order valence-electron chi connectivity index (χ4n) is 4.10. The van der Waals surface area contributed by atoms with Crippen LogP contribution in [-0.2, 0) is 27.2 Å². The van der Waals surface area contributed by atoms with Gasteiger partial charge in [0, 0.05) is 12.4 Å². The van der Waals surface area contributed by atoms with Gasteiger partial charge in [0.05, 0.1) is 24.6 Å². The molecule has 0 radical (unpaired) electrons. The van der Waals surface area contributed by atoms with Crippen LogP contribution >= 0.6 is 23.1 Å². The molecule has 1 aliphatic heterocycles. The Labute approximate surface area is 208 Å². The van der Waals surface area contributed by atoms with Crippen LogP contribution in [0.2, 0.25) is 0 Å². The molecule has 3 aromatic rings. The molecule has 1 saturated heterocycles. The number of benzene rings is 1. The maximum Gasteiger partial charge on any atom is 0.348 e. The van der Waals surface area contributed by atoms with Gasteiger partial charge in [-0.1, -0.05) is 56.8 Å². The highest BCUT2D eigenvalue weighted by Crippen LogP contribution is 2.31. The van der Waals surface area contributed by atoms with Crippen LogP contribution < -0.4 is 5.56 Å². The average molecular weight is 501 g/mol. The third-order valence-corrected chi connectivity index (χ3v) is 8.29. The maximum atomic E-state index is 13.6. The van der Waals surface area contributed by atoms with Gasteiger partial charge < -0.3 is 9.47 Å². The molecule has 2 aromatic heterocycles. The van der Waals surface area contributed by atoms with E-state index in [4.69, 9.17) is 14.5 Å². The number of ether oxygens (including phenoxy) is 2. The molecule has 6 nitrogen and oxygen atoms in total. The smallest absolute Gasteiger partial charge is 0.348 e. The summed E-state index contributed by atoms with van der Waals surface area (Å²) < 4.78 is 12.8. The first-order valence-corrected chi connectivity index (χ1v) is 13.5. The van der Waals surface area contributed by atoms with Gasteiger partial charge in [-0.2, -0.15) is 0 Å². The van der Waals surface area contributed by atoms with E-state index in [1.807, 2.05) is 0 Å². The average Bonchev–Trinajstić information content (AvgIpc) is 3.42. The summed E-state index contributed by atoms with van der Waals surface area (Å²) in [5.41, 5.74) is 3.09. The van der Waals surface area contributed by atoms with Crippen LogP contribution in [0, 0.1) is 6.92 Å². The maximum absolute atomic E-state index is 13.6. The lowest BCUT2D eigenvalue weighted by Gasteiger charge is -2.19. The highest BCUT2D eigenvalue weighted by atomic mass is 32.2. The number of fused-ring (bicyclic) bond motifs is 1. The summed E-state index contributed by atoms with van der Waals surface area (Å²) in [6.07, 6.45) is 1.94. The third kappa shape index (κ3) is 5.24. The normalized spacial score (nSPS) is 16.3. The summed E-state index contributed by atoms with van der Waals surface area (Å²) in [7, 11) is 0. The third-order valence-electron chi connectivity index (χ3n) is 6.07. The van der Waals surface area contributed by atoms with Crippen LogP contribution in [0.25, 0.3) is 10.2 Å². The Bertz CT molecular complexity index is 1230. The summed E-state index contributed by atoms with van der Waals surface area (Å²) in [5.74, 6) is 0.296. The summed E-state index contributed by atoms with van der Waals surface area (Å²) in [6, 6.07) is 8.62. The quantitative estimate of drug-likeness (QED) is 0.235. The Morgan fingerprint density at radius 2 is 2.03 bits per heavy atom. The molecule has 8 heteroatoms. The zero-order chi connectivity index (χ0) is 24.5. The Kier molecular flexibility index (Phi) is 7.50. The molecule has 0 unspecified atom stereocenters. The molecule has 1 fully saturated rings. The number of rotatable bonds is 7. The number of aryl methyl sites for hydroxylation is 1. The zero-order valence-electron chi connectivity index (χ0n) is 20.5. The molecular weight excluding hydrogens is 468 g/mol. The van der Waals surface area contributed by atoms with Crippen LogP contribution in [0.1, 0.15) is 66.9 Å². The second-order valence-corrected chi connectivity index (χ2v) is 11.6. The molecule has 4 rings (SSSR count). The number of thiophene rings is 1. The number of nitrogens with zero attached hydrogens (tertiary/aromatic N) is 2. The van der Waals surface area contributed by atoms with E-state index in [-0.39, 0.29) is 23.7 Å². The summed E-state index contributed by atoms with van der Waals surface area (Å²) in [6.45, 7) is 11.7. The lowest BCUT2D eigenvalue weighted by molar-refractivity contribution is 0.0531. The van der Waals surface area contributed by atoms with Crippen molar-refractivity contribution >= 4 is 39.3 Å². The van der Waals surface area contributed by atoms with Gasteiger partial charge in [0.25, 0.3) is 5.56 Å². The highest BCUT2D eigenvalue weighted by molar-refractivity contribution is 7.98. The minimum Gasteiger partial charge on any atom is -0.462 e. The van der Waals surface area contributed by atoms with Crippen molar-refractivity contribution < 1.29 is 14.3 Å². The Morgan fingerprint density at radius 3 is 2.65 bits per heavy atom. The van der Waals surface area contributed by atoms with Gasteiger partial charge in [0.15, 0.2) is 5.16 Å². The van der Waals surface area contributed by atoms with Crippen molar-refractivity contribution in [3.05, 3.63) is 56.2 Å². The van der Waals surface area contributed by atoms with E-state index in [1.165, 1.54) is 22.5 Å². The van der Waals surface area contributed by atoms with Gasteiger partial charge in [0.2, 0.25) is 0 Å². The Morgan fingerprint density at radius 1 is 1.29 bits per heavy atom. The van der Waals surface area contributed by atoms with Gasteiger partial charge in [-0.05, 0) is 48.8 Å². The molecule has 0 bridgehead atoms. The van der Waals surface area contributed by atoms with Crippen LogP contribution in [0.4, 0.5) is 0 Å². The molecule has 1 atom stereocenters. The van der Waals surface area contributed by atoms with Crippen molar-refractivity contribution in [1.82, 2.24) is 9.55 Å². The molecule has 1 aromatic carbocycles. The van der Waals surface area contributed by atoms with Gasteiger partial charge in [-0.15, -0.1) is 11.3 Å². The molecule has 0 N–H and O–H groups in total. The first kappa shape index (κ1) is 24.9. The second-order valence-electron chi connectivity index (χ2n) is 9.64. The fourth-order valence-corrected chi connectivity index (χ4v) is 6.18. The van der Waals surface area contributed by atoms with Gasteiger partial charge in [0.1, 0.15) is 9.71 Å². The van der Waals surface area contributed by atoms with Crippen molar-refractivity contribution in [2.45, 2.75) is 76.4 Å². The molecule has 34 heavy (non-hydrogen) atoms. The first-order valence-electron chi connectivity index (χ1n) is 11.7. The monoisotopic (exact) mass is 500 g/mol. The SMILES string of the molecule is CCOC(=O)c1sc2nc(SCc3ccc(C(C)(C)C)cc3)n(C[C@H]3CCCO3)c(=O)c2c1C. The van der Waals surface area contributed by atoms with Crippen molar-refractivity contribution in [2.24, 2.45) is 0 Å². The van der Waals surface area contributed by atoms with Gasteiger partial charge >= 0.3 is 5.97 Å². The molecule has 0 aliphatic carbocycles. The standard InChI is InChI=1S/C26H32N2O4S2/c1-6-31-24(30)21-16(2)20-22(34-21)27-25(28(23(20)29)14-19-8-7-13-32-19)33-15-17-9-11-18(12-10-17)26(3,4)5/h9-12,19H,6-8,13-15H2,1-5H3/t19-/m1/s1. The van der Waals surface area contributed by atoms with Crippen LogP contribution in [0.3, 0.4) is 0 Å². The lowest BCUT2D eigenvalue weighted by atomic mass is 9.87. The zero-order valence-corrected chi connectivity index (χ0v) is 22.1. The number of aromatic nitrogens is 2. The lowest BCUT2D eigenvalue weighted by Crippen LogP contribution is -2.28. The number of carbonyl (C=O) groups excluding carboxylic acids is 1.